The van der Waals surface area contributed by atoms with Gasteiger partial charge >= 0.3 is 0 Å². The molecule has 2 aromatic rings. The van der Waals surface area contributed by atoms with Gasteiger partial charge < -0.3 is 5.32 Å². The monoisotopic (exact) mass is 248 g/mol. The van der Waals surface area contributed by atoms with Gasteiger partial charge in [-0.1, -0.05) is 13.8 Å². The molecule has 0 aliphatic heterocycles. The van der Waals surface area contributed by atoms with E-state index in [9.17, 15) is 4.39 Å². The molecular weight excluding hydrogens is 231 g/mol. The summed E-state index contributed by atoms with van der Waals surface area (Å²) in [4.78, 5) is 4.34. The minimum atomic E-state index is -0.305. The SMILES string of the molecule is CC1(C)CCC(Nc2nc3ccc(F)cn3n2)C1. The first-order valence-corrected chi connectivity index (χ1v) is 6.30. The molecule has 0 amide bonds. The smallest absolute Gasteiger partial charge is 0.243 e. The zero-order valence-corrected chi connectivity index (χ0v) is 10.7. The summed E-state index contributed by atoms with van der Waals surface area (Å²) >= 11 is 0. The first-order valence-electron chi connectivity index (χ1n) is 6.30. The zero-order valence-electron chi connectivity index (χ0n) is 10.7. The van der Waals surface area contributed by atoms with Crippen LogP contribution in [0.15, 0.2) is 18.3 Å². The Labute approximate surface area is 105 Å². The van der Waals surface area contributed by atoms with E-state index in [2.05, 4.69) is 29.2 Å². The highest BCUT2D eigenvalue weighted by Crippen LogP contribution is 2.37. The van der Waals surface area contributed by atoms with Crippen molar-refractivity contribution in [2.24, 2.45) is 5.41 Å². The van der Waals surface area contributed by atoms with Gasteiger partial charge in [-0.2, -0.15) is 4.98 Å². The highest BCUT2D eigenvalue weighted by molar-refractivity contribution is 5.43. The average molecular weight is 248 g/mol. The van der Waals surface area contributed by atoms with Crippen molar-refractivity contribution in [3.63, 3.8) is 0 Å². The van der Waals surface area contributed by atoms with Crippen LogP contribution in [0.2, 0.25) is 0 Å². The van der Waals surface area contributed by atoms with Crippen LogP contribution in [-0.2, 0) is 0 Å². The Kier molecular flexibility index (Phi) is 2.50. The largest absolute Gasteiger partial charge is 0.350 e. The van der Waals surface area contributed by atoms with E-state index in [4.69, 9.17) is 0 Å². The Morgan fingerprint density at radius 2 is 2.28 bits per heavy atom. The molecular formula is C13H17FN4. The van der Waals surface area contributed by atoms with Crippen LogP contribution in [0, 0.1) is 11.2 Å². The molecule has 2 aromatic heterocycles. The predicted octanol–water partition coefficient (Wildman–Crippen LogP) is 2.86. The van der Waals surface area contributed by atoms with Crippen LogP contribution < -0.4 is 5.32 Å². The second-order valence-electron chi connectivity index (χ2n) is 5.83. The predicted molar refractivity (Wildman–Crippen MR) is 68.0 cm³/mol. The van der Waals surface area contributed by atoms with E-state index in [0.29, 0.717) is 23.1 Å². The third kappa shape index (κ3) is 2.17. The normalized spacial score (nSPS) is 22.5. The molecule has 1 aliphatic rings. The third-order valence-electron chi connectivity index (χ3n) is 3.60. The average Bonchev–Trinajstić information content (AvgIpc) is 2.81. The molecule has 18 heavy (non-hydrogen) atoms. The van der Waals surface area contributed by atoms with Crippen molar-refractivity contribution in [1.82, 2.24) is 14.6 Å². The molecule has 0 saturated heterocycles. The molecule has 1 N–H and O–H groups in total. The van der Waals surface area contributed by atoms with E-state index < -0.39 is 0 Å². The summed E-state index contributed by atoms with van der Waals surface area (Å²) in [5.74, 6) is 0.282. The fraction of sp³-hybridized carbons (Fsp3) is 0.538. The van der Waals surface area contributed by atoms with Crippen LogP contribution in [0.4, 0.5) is 10.3 Å². The molecule has 0 aromatic carbocycles. The number of halogens is 1. The third-order valence-corrected chi connectivity index (χ3v) is 3.60. The zero-order chi connectivity index (χ0) is 12.8. The molecule has 0 spiro atoms. The molecule has 3 rings (SSSR count). The van der Waals surface area contributed by atoms with Gasteiger partial charge in [0.15, 0.2) is 5.65 Å². The quantitative estimate of drug-likeness (QED) is 0.888. The van der Waals surface area contributed by atoms with Crippen LogP contribution in [0.25, 0.3) is 5.65 Å². The number of nitrogens with zero attached hydrogens (tertiary/aromatic N) is 3. The van der Waals surface area contributed by atoms with Crippen LogP contribution in [0.5, 0.6) is 0 Å². The highest BCUT2D eigenvalue weighted by Gasteiger charge is 2.31. The summed E-state index contributed by atoms with van der Waals surface area (Å²) in [5, 5.41) is 7.58. The van der Waals surface area contributed by atoms with E-state index in [1.54, 1.807) is 6.07 Å². The highest BCUT2D eigenvalue weighted by atomic mass is 19.1. The van der Waals surface area contributed by atoms with Crippen LogP contribution in [0.1, 0.15) is 33.1 Å². The lowest BCUT2D eigenvalue weighted by Gasteiger charge is -2.17. The number of hydrogen-bond acceptors (Lipinski definition) is 3. The van der Waals surface area contributed by atoms with Crippen molar-refractivity contribution in [2.45, 2.75) is 39.2 Å². The maximum absolute atomic E-state index is 13.0. The van der Waals surface area contributed by atoms with Crippen molar-refractivity contribution in [1.29, 1.82) is 0 Å². The number of aromatic nitrogens is 3. The van der Waals surface area contributed by atoms with Gasteiger partial charge in [0.1, 0.15) is 5.82 Å². The summed E-state index contributed by atoms with van der Waals surface area (Å²) in [6.07, 6.45) is 4.81. The lowest BCUT2D eigenvalue weighted by molar-refractivity contribution is 0.378. The van der Waals surface area contributed by atoms with Crippen molar-refractivity contribution in [3.05, 3.63) is 24.1 Å². The van der Waals surface area contributed by atoms with Gasteiger partial charge in [0.2, 0.25) is 5.95 Å². The summed E-state index contributed by atoms with van der Waals surface area (Å²) in [6.45, 7) is 4.56. The minimum Gasteiger partial charge on any atom is -0.350 e. The summed E-state index contributed by atoms with van der Waals surface area (Å²) in [7, 11) is 0. The fourth-order valence-electron chi connectivity index (χ4n) is 2.66. The molecule has 1 unspecified atom stereocenters. The molecule has 1 fully saturated rings. The summed E-state index contributed by atoms with van der Waals surface area (Å²) in [6, 6.07) is 3.45. The van der Waals surface area contributed by atoms with Crippen molar-refractivity contribution in [2.75, 3.05) is 5.32 Å². The summed E-state index contributed by atoms with van der Waals surface area (Å²) < 4.78 is 14.5. The van der Waals surface area contributed by atoms with Gasteiger partial charge in [-0.3, -0.25) is 0 Å². The van der Waals surface area contributed by atoms with E-state index in [1.165, 1.54) is 23.2 Å². The van der Waals surface area contributed by atoms with Crippen molar-refractivity contribution in [3.8, 4) is 0 Å². The van der Waals surface area contributed by atoms with Crippen LogP contribution in [-0.4, -0.2) is 20.6 Å². The van der Waals surface area contributed by atoms with Crippen molar-refractivity contribution < 1.29 is 4.39 Å². The standard InChI is InChI=1S/C13H17FN4/c1-13(2)6-5-10(7-13)15-12-16-11-4-3-9(14)8-18(11)17-12/h3-4,8,10H,5-7H2,1-2H3,(H,15,17). The number of pyridine rings is 1. The van der Waals surface area contributed by atoms with Crippen LogP contribution >= 0.6 is 0 Å². The molecule has 96 valence electrons. The number of nitrogens with one attached hydrogen (secondary N) is 1. The first kappa shape index (κ1) is 11.4. The Morgan fingerprint density at radius 1 is 1.44 bits per heavy atom. The molecule has 5 heteroatoms. The van der Waals surface area contributed by atoms with Gasteiger partial charge in [0, 0.05) is 6.04 Å². The van der Waals surface area contributed by atoms with Gasteiger partial charge in [-0.05, 0) is 36.8 Å². The number of rotatable bonds is 2. The molecule has 0 bridgehead atoms. The van der Waals surface area contributed by atoms with Crippen LogP contribution in [0.3, 0.4) is 0 Å². The second kappa shape index (κ2) is 3.93. The van der Waals surface area contributed by atoms with Crippen molar-refractivity contribution >= 4 is 11.6 Å². The molecule has 1 saturated carbocycles. The maximum atomic E-state index is 13.0. The number of hydrogen-bond donors (Lipinski definition) is 1. The molecule has 0 radical (unpaired) electrons. The van der Waals surface area contributed by atoms with Gasteiger partial charge in [-0.25, -0.2) is 8.91 Å². The molecule has 4 nitrogen and oxygen atoms in total. The molecule has 1 atom stereocenters. The molecule has 1 aliphatic carbocycles. The Bertz CT molecular complexity index is 575. The second-order valence-corrected chi connectivity index (χ2v) is 5.83. The first-order chi connectivity index (χ1) is 8.52. The van der Waals surface area contributed by atoms with Gasteiger partial charge in [0.25, 0.3) is 0 Å². The minimum absolute atomic E-state index is 0.305. The maximum Gasteiger partial charge on any atom is 0.243 e. The van der Waals surface area contributed by atoms with E-state index in [0.717, 1.165) is 12.8 Å². The van der Waals surface area contributed by atoms with E-state index in [1.807, 2.05) is 0 Å². The lowest BCUT2D eigenvalue weighted by atomic mass is 9.92. The summed E-state index contributed by atoms with van der Waals surface area (Å²) in [5.41, 5.74) is 1.05. The molecule has 2 heterocycles. The Balaban J connectivity index is 1.79. The topological polar surface area (TPSA) is 42.2 Å². The fourth-order valence-corrected chi connectivity index (χ4v) is 2.66. The van der Waals surface area contributed by atoms with Gasteiger partial charge in [-0.15, -0.1) is 5.10 Å². The number of anilines is 1. The lowest BCUT2D eigenvalue weighted by Crippen LogP contribution is -2.18. The Morgan fingerprint density at radius 3 is 3.00 bits per heavy atom. The van der Waals surface area contributed by atoms with E-state index in [-0.39, 0.29) is 5.82 Å². The van der Waals surface area contributed by atoms with E-state index >= 15 is 0 Å². The van der Waals surface area contributed by atoms with Gasteiger partial charge in [0.05, 0.1) is 6.20 Å². The number of fused-ring (bicyclic) bond motifs is 1. The Hall–Kier alpha value is -1.65.